The van der Waals surface area contributed by atoms with Crippen LogP contribution in [0.2, 0.25) is 10.0 Å². The molecule has 1 aliphatic rings. The molecule has 0 saturated carbocycles. The molecule has 0 unspecified atom stereocenters. The number of anilines is 3. The summed E-state index contributed by atoms with van der Waals surface area (Å²) in [5.74, 6) is -0.530. The predicted molar refractivity (Wildman–Crippen MR) is 168 cm³/mol. The van der Waals surface area contributed by atoms with Gasteiger partial charge in [-0.3, -0.25) is 9.67 Å². The highest BCUT2D eigenvalue weighted by Gasteiger charge is 2.21. The standard InChI is InChI=1S/C32H29Cl2FN8/c33-23-15-25-30(38-24-9-10-27(35)26(34)17-24)22(18-36)19-37-32(25)28(16-23)39-31(21-7-2-1-3-8-21)29-20-43(41-40-29)14-6-13-42-11-4-5-12-42/h1-3,7-10,15-17,19-20,31,39H,4-6,11-14H2,(H,37,38)/t31-/m0/s1. The van der Waals surface area contributed by atoms with Crippen molar-refractivity contribution in [3.8, 4) is 6.07 Å². The van der Waals surface area contributed by atoms with Gasteiger partial charge in [-0.1, -0.05) is 58.7 Å². The van der Waals surface area contributed by atoms with Gasteiger partial charge >= 0.3 is 0 Å². The molecule has 0 bridgehead atoms. The third-order valence-corrected chi connectivity index (χ3v) is 8.10. The number of nitrogens with one attached hydrogen (secondary N) is 2. The Morgan fingerprint density at radius 1 is 1.02 bits per heavy atom. The number of likely N-dealkylation sites (tertiary alicyclic amines) is 1. The lowest BCUT2D eigenvalue weighted by molar-refractivity contribution is 0.321. The zero-order chi connectivity index (χ0) is 29.8. The summed E-state index contributed by atoms with van der Waals surface area (Å²) < 4.78 is 15.7. The lowest BCUT2D eigenvalue weighted by atomic mass is 10.0. The first kappa shape index (κ1) is 28.9. The zero-order valence-corrected chi connectivity index (χ0v) is 24.8. The molecule has 3 heterocycles. The van der Waals surface area contributed by atoms with Gasteiger partial charge in [0.15, 0.2) is 0 Å². The number of hydrogen-bond donors (Lipinski definition) is 2. The van der Waals surface area contributed by atoms with Crippen molar-refractivity contribution in [3.05, 3.63) is 106 Å². The number of hydrogen-bond acceptors (Lipinski definition) is 7. The minimum absolute atomic E-state index is 0.0305. The topological polar surface area (TPSA) is 94.7 Å². The SMILES string of the molecule is N#Cc1cnc2c(N[C@@H](c3ccccc3)c3cn(CCCN4CCCC4)nn3)cc(Cl)cc2c1Nc1ccc(F)c(Cl)c1. The van der Waals surface area contributed by atoms with Crippen molar-refractivity contribution >= 4 is 51.2 Å². The molecule has 0 spiro atoms. The van der Waals surface area contributed by atoms with E-state index >= 15 is 0 Å². The summed E-state index contributed by atoms with van der Waals surface area (Å²) in [5.41, 5.74) is 4.32. The third-order valence-electron chi connectivity index (χ3n) is 7.59. The van der Waals surface area contributed by atoms with Gasteiger partial charge in [-0.25, -0.2) is 4.39 Å². The van der Waals surface area contributed by atoms with Crippen molar-refractivity contribution in [2.24, 2.45) is 0 Å². The molecule has 1 saturated heterocycles. The largest absolute Gasteiger partial charge is 0.371 e. The first-order chi connectivity index (χ1) is 21.0. The molecule has 0 radical (unpaired) electrons. The molecule has 5 aromatic rings. The molecule has 0 amide bonds. The van der Waals surface area contributed by atoms with Gasteiger partial charge in [0, 0.05) is 28.8 Å². The highest BCUT2D eigenvalue weighted by atomic mass is 35.5. The van der Waals surface area contributed by atoms with Crippen LogP contribution in [-0.4, -0.2) is 44.5 Å². The Bertz CT molecular complexity index is 1780. The Labute approximate surface area is 259 Å². The van der Waals surface area contributed by atoms with E-state index in [1.165, 1.54) is 44.3 Å². The summed E-state index contributed by atoms with van der Waals surface area (Å²) >= 11 is 12.7. The van der Waals surface area contributed by atoms with Gasteiger partial charge < -0.3 is 15.5 Å². The number of halogens is 3. The maximum absolute atomic E-state index is 13.8. The lowest BCUT2D eigenvalue weighted by Gasteiger charge is -2.21. The average molecular weight is 616 g/mol. The Balaban J connectivity index is 1.34. The van der Waals surface area contributed by atoms with Crippen molar-refractivity contribution in [3.63, 3.8) is 0 Å². The monoisotopic (exact) mass is 614 g/mol. The highest BCUT2D eigenvalue weighted by Crippen LogP contribution is 2.37. The summed E-state index contributed by atoms with van der Waals surface area (Å²) in [5, 5.41) is 26.7. The molecule has 3 aromatic carbocycles. The molecule has 1 fully saturated rings. The summed E-state index contributed by atoms with van der Waals surface area (Å²) in [7, 11) is 0. The van der Waals surface area contributed by atoms with Crippen molar-refractivity contribution in [2.75, 3.05) is 30.3 Å². The molecule has 0 aliphatic carbocycles. The summed E-state index contributed by atoms with van der Waals surface area (Å²) in [6.07, 6.45) is 7.05. The average Bonchev–Trinajstić information content (AvgIpc) is 3.71. The molecule has 218 valence electrons. The van der Waals surface area contributed by atoms with Crippen molar-refractivity contribution < 1.29 is 4.39 Å². The van der Waals surface area contributed by atoms with Gasteiger partial charge in [-0.05, 0) is 74.8 Å². The van der Waals surface area contributed by atoms with Crippen LogP contribution in [0.3, 0.4) is 0 Å². The number of aryl methyl sites for hydroxylation is 1. The molecule has 2 N–H and O–H groups in total. The zero-order valence-electron chi connectivity index (χ0n) is 23.3. The minimum Gasteiger partial charge on any atom is -0.371 e. The molecule has 1 atom stereocenters. The molecule has 8 nitrogen and oxygen atoms in total. The van der Waals surface area contributed by atoms with E-state index in [0.717, 1.165) is 30.8 Å². The van der Waals surface area contributed by atoms with E-state index in [0.29, 0.717) is 38.6 Å². The van der Waals surface area contributed by atoms with Crippen LogP contribution in [0.1, 0.15) is 42.1 Å². The van der Waals surface area contributed by atoms with Gasteiger partial charge in [0.1, 0.15) is 17.6 Å². The fourth-order valence-electron chi connectivity index (χ4n) is 5.46. The second-order valence-electron chi connectivity index (χ2n) is 10.6. The van der Waals surface area contributed by atoms with E-state index in [9.17, 15) is 9.65 Å². The summed E-state index contributed by atoms with van der Waals surface area (Å²) in [6.45, 7) is 4.19. The number of rotatable bonds is 10. The van der Waals surface area contributed by atoms with Gasteiger partial charge in [-0.2, -0.15) is 5.26 Å². The molecule has 11 heteroatoms. The van der Waals surface area contributed by atoms with Crippen molar-refractivity contribution in [1.82, 2.24) is 24.9 Å². The highest BCUT2D eigenvalue weighted by molar-refractivity contribution is 6.32. The Morgan fingerprint density at radius 2 is 1.84 bits per heavy atom. The van der Waals surface area contributed by atoms with E-state index in [2.05, 4.69) is 36.9 Å². The van der Waals surface area contributed by atoms with Crippen LogP contribution in [0.5, 0.6) is 0 Å². The molecule has 6 rings (SSSR count). The Morgan fingerprint density at radius 3 is 2.60 bits per heavy atom. The van der Waals surface area contributed by atoms with Crippen molar-refractivity contribution in [2.45, 2.75) is 31.8 Å². The van der Waals surface area contributed by atoms with E-state index in [1.54, 1.807) is 18.2 Å². The second kappa shape index (κ2) is 13.0. The van der Waals surface area contributed by atoms with Crippen LogP contribution in [0.25, 0.3) is 10.9 Å². The molecule has 43 heavy (non-hydrogen) atoms. The maximum Gasteiger partial charge on any atom is 0.141 e. The van der Waals surface area contributed by atoms with E-state index < -0.39 is 5.82 Å². The molecule has 2 aromatic heterocycles. The fraction of sp³-hybridized carbons (Fsp3) is 0.250. The maximum atomic E-state index is 13.8. The second-order valence-corrected chi connectivity index (χ2v) is 11.4. The number of benzene rings is 3. The summed E-state index contributed by atoms with van der Waals surface area (Å²) in [4.78, 5) is 7.13. The van der Waals surface area contributed by atoms with Crippen LogP contribution in [-0.2, 0) is 6.54 Å². The Hall–Kier alpha value is -4.23. The first-order valence-corrected chi connectivity index (χ1v) is 14.9. The predicted octanol–water partition coefficient (Wildman–Crippen LogP) is 7.57. The van der Waals surface area contributed by atoms with E-state index in [4.69, 9.17) is 23.2 Å². The van der Waals surface area contributed by atoms with Gasteiger partial charge in [0.05, 0.1) is 39.7 Å². The van der Waals surface area contributed by atoms with Crippen LogP contribution < -0.4 is 10.6 Å². The quantitative estimate of drug-likeness (QED) is 0.167. The third kappa shape index (κ3) is 6.57. The van der Waals surface area contributed by atoms with Gasteiger partial charge in [0.25, 0.3) is 0 Å². The van der Waals surface area contributed by atoms with E-state index in [-0.39, 0.29) is 11.1 Å². The minimum atomic E-state index is -0.530. The van der Waals surface area contributed by atoms with E-state index in [1.807, 2.05) is 41.2 Å². The molecular weight excluding hydrogens is 586 g/mol. The fourth-order valence-corrected chi connectivity index (χ4v) is 5.86. The number of fused-ring (bicyclic) bond motifs is 1. The van der Waals surface area contributed by atoms with Gasteiger partial charge in [0.2, 0.25) is 0 Å². The number of aromatic nitrogens is 4. The van der Waals surface area contributed by atoms with Crippen LogP contribution in [0, 0.1) is 17.1 Å². The normalized spacial score (nSPS) is 14.1. The Kier molecular flexibility index (Phi) is 8.70. The van der Waals surface area contributed by atoms with Gasteiger partial charge in [-0.15, -0.1) is 5.10 Å². The van der Waals surface area contributed by atoms with Crippen LogP contribution in [0.4, 0.5) is 21.5 Å². The number of nitriles is 1. The smallest absolute Gasteiger partial charge is 0.141 e. The first-order valence-electron chi connectivity index (χ1n) is 14.2. The number of nitrogens with zero attached hydrogens (tertiary/aromatic N) is 6. The van der Waals surface area contributed by atoms with Crippen LogP contribution in [0.15, 0.2) is 73.1 Å². The number of pyridine rings is 1. The molecule has 1 aliphatic heterocycles. The summed E-state index contributed by atoms with van der Waals surface area (Å²) in [6, 6.07) is 19.7. The van der Waals surface area contributed by atoms with Crippen LogP contribution >= 0.6 is 23.2 Å². The lowest BCUT2D eigenvalue weighted by Crippen LogP contribution is -2.21. The van der Waals surface area contributed by atoms with Crippen molar-refractivity contribution in [1.29, 1.82) is 5.26 Å². The molecular formula is C32H29Cl2FN8.